The number of rotatable bonds is 3. The van der Waals surface area contributed by atoms with Gasteiger partial charge in [0.15, 0.2) is 0 Å². The molecule has 0 atom stereocenters. The lowest BCUT2D eigenvalue weighted by atomic mass is 10.1. The van der Waals surface area contributed by atoms with Gasteiger partial charge in [0.2, 0.25) is 0 Å². The fourth-order valence-corrected chi connectivity index (χ4v) is 4.03. The number of carbonyl (C=O) groups excluding carboxylic acids is 1. The minimum absolute atomic E-state index is 0.0549. The number of sulfonamides is 1. The number of carbonyl (C=O) groups is 2. The molecule has 3 rings (SSSR count). The molecule has 20 heavy (non-hydrogen) atoms. The highest BCUT2D eigenvalue weighted by Crippen LogP contribution is 2.47. The molecule has 1 saturated carbocycles. The molecule has 1 fully saturated rings. The Morgan fingerprint density at radius 3 is 2.60 bits per heavy atom. The van der Waals surface area contributed by atoms with E-state index in [2.05, 4.69) is 0 Å². The summed E-state index contributed by atoms with van der Waals surface area (Å²) in [6.07, 6.45) is 1.78. The lowest BCUT2D eigenvalue weighted by Gasteiger charge is -2.19. The third-order valence-electron chi connectivity index (χ3n) is 3.88. The second kappa shape index (κ2) is 3.82. The van der Waals surface area contributed by atoms with Crippen molar-refractivity contribution in [2.24, 2.45) is 5.41 Å². The Balaban J connectivity index is 2.08. The monoisotopic (exact) mass is 295 g/mol. The average Bonchev–Trinajstić information content (AvgIpc) is 3.08. The van der Waals surface area contributed by atoms with E-state index in [1.54, 1.807) is 0 Å². The Morgan fingerprint density at radius 2 is 2.05 bits per heavy atom. The van der Waals surface area contributed by atoms with Gasteiger partial charge in [0, 0.05) is 6.54 Å². The zero-order chi connectivity index (χ0) is 14.7. The number of fused-ring (bicyclic) bond motifs is 1. The van der Waals surface area contributed by atoms with E-state index < -0.39 is 21.9 Å². The normalized spacial score (nSPS) is 21.6. The van der Waals surface area contributed by atoms with Gasteiger partial charge in [0.25, 0.3) is 15.9 Å². The van der Waals surface area contributed by atoms with Crippen LogP contribution in [-0.2, 0) is 10.0 Å². The molecule has 0 aromatic heterocycles. The summed E-state index contributed by atoms with van der Waals surface area (Å²) >= 11 is 0. The molecule has 1 amide bonds. The van der Waals surface area contributed by atoms with E-state index in [4.69, 9.17) is 5.11 Å². The van der Waals surface area contributed by atoms with Crippen LogP contribution in [-0.4, -0.2) is 36.3 Å². The SMILES string of the molecule is CC1(CN2C(=O)c3ccc(C(=O)O)cc3S2(=O)=O)CC1. The first-order valence-corrected chi connectivity index (χ1v) is 7.63. The van der Waals surface area contributed by atoms with Crippen LogP contribution in [0.15, 0.2) is 23.1 Å². The molecule has 1 aliphatic heterocycles. The number of benzene rings is 1. The van der Waals surface area contributed by atoms with Crippen molar-refractivity contribution in [1.82, 2.24) is 4.31 Å². The van der Waals surface area contributed by atoms with Gasteiger partial charge < -0.3 is 5.11 Å². The Bertz CT molecular complexity index is 733. The molecule has 0 bridgehead atoms. The van der Waals surface area contributed by atoms with Gasteiger partial charge in [-0.1, -0.05) is 6.92 Å². The van der Waals surface area contributed by atoms with Gasteiger partial charge >= 0.3 is 5.97 Å². The van der Waals surface area contributed by atoms with Gasteiger partial charge in [-0.05, 0) is 36.5 Å². The summed E-state index contributed by atoms with van der Waals surface area (Å²) < 4.78 is 25.6. The van der Waals surface area contributed by atoms with Crippen molar-refractivity contribution < 1.29 is 23.1 Å². The van der Waals surface area contributed by atoms with Gasteiger partial charge in [0.05, 0.1) is 11.1 Å². The fourth-order valence-electron chi connectivity index (χ4n) is 2.28. The summed E-state index contributed by atoms with van der Waals surface area (Å²) in [6.45, 7) is 2.09. The lowest BCUT2D eigenvalue weighted by Crippen LogP contribution is -2.34. The predicted octanol–water partition coefficient (Wildman–Crippen LogP) is 1.33. The van der Waals surface area contributed by atoms with E-state index in [1.165, 1.54) is 12.1 Å². The second-order valence-electron chi connectivity index (χ2n) is 5.64. The number of carboxylic acids is 1. The van der Waals surface area contributed by atoms with E-state index >= 15 is 0 Å². The smallest absolute Gasteiger partial charge is 0.335 e. The summed E-state index contributed by atoms with van der Waals surface area (Å²) in [4.78, 5) is 22.9. The molecule has 6 nitrogen and oxygen atoms in total. The molecule has 1 aromatic rings. The number of aromatic carboxylic acids is 1. The standard InChI is InChI=1S/C13H13NO5S/c1-13(4-5-13)7-14-11(15)9-3-2-8(12(16)17)6-10(9)20(14,18)19/h2-3,6H,4-5,7H2,1H3,(H,16,17). The number of carboxylic acid groups (broad SMARTS) is 1. The zero-order valence-electron chi connectivity index (χ0n) is 10.8. The third-order valence-corrected chi connectivity index (χ3v) is 5.65. The first kappa shape index (κ1) is 13.1. The first-order chi connectivity index (χ1) is 9.24. The average molecular weight is 295 g/mol. The van der Waals surface area contributed by atoms with E-state index in [-0.39, 0.29) is 28.0 Å². The maximum atomic E-state index is 12.4. The molecule has 106 valence electrons. The van der Waals surface area contributed by atoms with Gasteiger partial charge in [-0.25, -0.2) is 17.5 Å². The van der Waals surface area contributed by atoms with Crippen LogP contribution in [0.2, 0.25) is 0 Å². The molecule has 1 aliphatic carbocycles. The molecular formula is C13H13NO5S. The molecule has 0 radical (unpaired) electrons. The highest BCUT2D eigenvalue weighted by Gasteiger charge is 2.48. The van der Waals surface area contributed by atoms with Crippen molar-refractivity contribution >= 4 is 21.9 Å². The van der Waals surface area contributed by atoms with Crippen molar-refractivity contribution in [3.8, 4) is 0 Å². The number of hydrogen-bond donors (Lipinski definition) is 1. The Labute approximate surface area is 116 Å². The number of amides is 1. The van der Waals surface area contributed by atoms with Crippen molar-refractivity contribution in [2.75, 3.05) is 6.54 Å². The van der Waals surface area contributed by atoms with E-state index in [0.717, 1.165) is 23.2 Å². The topological polar surface area (TPSA) is 91.8 Å². The van der Waals surface area contributed by atoms with Gasteiger partial charge in [-0.2, -0.15) is 0 Å². The Morgan fingerprint density at radius 1 is 1.40 bits per heavy atom. The van der Waals surface area contributed by atoms with E-state index in [1.807, 2.05) is 6.92 Å². The Kier molecular flexibility index (Phi) is 2.50. The van der Waals surface area contributed by atoms with Crippen LogP contribution in [0.25, 0.3) is 0 Å². The van der Waals surface area contributed by atoms with Gasteiger partial charge in [-0.3, -0.25) is 4.79 Å². The summed E-state index contributed by atoms with van der Waals surface area (Å²) in [5.41, 5.74) is -0.223. The highest BCUT2D eigenvalue weighted by molar-refractivity contribution is 7.90. The predicted molar refractivity (Wildman–Crippen MR) is 69.0 cm³/mol. The largest absolute Gasteiger partial charge is 0.478 e. The molecule has 1 heterocycles. The molecule has 0 unspecified atom stereocenters. The summed E-state index contributed by atoms with van der Waals surface area (Å²) in [5.74, 6) is -1.78. The second-order valence-corrected chi connectivity index (χ2v) is 7.47. The molecule has 1 N–H and O–H groups in total. The van der Waals surface area contributed by atoms with Crippen molar-refractivity contribution in [2.45, 2.75) is 24.7 Å². The quantitative estimate of drug-likeness (QED) is 0.908. The lowest BCUT2D eigenvalue weighted by molar-refractivity contribution is 0.0695. The number of nitrogens with zero attached hydrogens (tertiary/aromatic N) is 1. The maximum absolute atomic E-state index is 12.4. The van der Waals surface area contributed by atoms with E-state index in [9.17, 15) is 18.0 Å². The maximum Gasteiger partial charge on any atom is 0.335 e. The van der Waals surface area contributed by atoms with Crippen LogP contribution < -0.4 is 0 Å². The van der Waals surface area contributed by atoms with Crippen molar-refractivity contribution in [1.29, 1.82) is 0 Å². The molecule has 2 aliphatic rings. The van der Waals surface area contributed by atoms with Crippen molar-refractivity contribution in [3.05, 3.63) is 29.3 Å². The molecule has 0 saturated heterocycles. The summed E-state index contributed by atoms with van der Waals surface area (Å²) in [6, 6.07) is 3.57. The minimum Gasteiger partial charge on any atom is -0.478 e. The molecular weight excluding hydrogens is 282 g/mol. The van der Waals surface area contributed by atoms with Gasteiger partial charge in [-0.15, -0.1) is 0 Å². The van der Waals surface area contributed by atoms with Crippen LogP contribution in [0.3, 0.4) is 0 Å². The van der Waals surface area contributed by atoms with Crippen LogP contribution in [0.1, 0.15) is 40.5 Å². The number of hydrogen-bond acceptors (Lipinski definition) is 4. The minimum atomic E-state index is -3.92. The van der Waals surface area contributed by atoms with Gasteiger partial charge in [0.1, 0.15) is 4.90 Å². The van der Waals surface area contributed by atoms with Crippen LogP contribution in [0, 0.1) is 5.41 Å². The highest BCUT2D eigenvalue weighted by atomic mass is 32.2. The Hall–Kier alpha value is -1.89. The fraction of sp³-hybridized carbons (Fsp3) is 0.385. The molecule has 1 aromatic carbocycles. The third kappa shape index (κ3) is 1.81. The van der Waals surface area contributed by atoms with Crippen LogP contribution in [0.5, 0.6) is 0 Å². The summed E-state index contributed by atoms with van der Waals surface area (Å²) in [7, 11) is -3.92. The molecule has 0 spiro atoms. The van der Waals surface area contributed by atoms with Crippen LogP contribution >= 0.6 is 0 Å². The van der Waals surface area contributed by atoms with Crippen LogP contribution in [0.4, 0.5) is 0 Å². The molecule has 7 heteroatoms. The summed E-state index contributed by atoms with van der Waals surface area (Å²) in [5, 5.41) is 8.92. The zero-order valence-corrected chi connectivity index (χ0v) is 11.6. The van der Waals surface area contributed by atoms with E-state index in [0.29, 0.717) is 0 Å². The van der Waals surface area contributed by atoms with Crippen molar-refractivity contribution in [3.63, 3.8) is 0 Å². The first-order valence-electron chi connectivity index (χ1n) is 6.19.